The van der Waals surface area contributed by atoms with Gasteiger partial charge in [-0.3, -0.25) is 9.78 Å². The number of methoxy groups -OCH3 is 1. The Morgan fingerprint density at radius 2 is 2.22 bits per heavy atom. The van der Waals surface area contributed by atoms with Gasteiger partial charge in [0.1, 0.15) is 24.4 Å². The Morgan fingerprint density at radius 3 is 2.78 bits per heavy atom. The number of aromatic nitrogens is 2. The summed E-state index contributed by atoms with van der Waals surface area (Å²) >= 11 is 0. The summed E-state index contributed by atoms with van der Waals surface area (Å²) in [6.45, 7) is -0.390. The van der Waals surface area contributed by atoms with Crippen molar-refractivity contribution in [3.63, 3.8) is 0 Å². The van der Waals surface area contributed by atoms with E-state index in [2.05, 4.69) is 9.97 Å². The maximum absolute atomic E-state index is 11.6. The van der Waals surface area contributed by atoms with Crippen molar-refractivity contribution >= 4 is 0 Å². The Labute approximate surface area is 101 Å². The summed E-state index contributed by atoms with van der Waals surface area (Å²) in [5, 5.41) is 18.9. The molecule has 2 rings (SSSR count). The number of aromatic amines is 2. The molecule has 18 heavy (non-hydrogen) atoms. The average molecular weight is 258 g/mol. The van der Waals surface area contributed by atoms with Gasteiger partial charge in [-0.2, -0.15) is 0 Å². The van der Waals surface area contributed by atoms with Crippen molar-refractivity contribution < 1.29 is 19.7 Å². The second kappa shape index (κ2) is 5.02. The lowest BCUT2D eigenvalue weighted by atomic mass is 10.0. The largest absolute Gasteiger partial charge is 0.394 e. The van der Waals surface area contributed by atoms with Gasteiger partial charge in [-0.1, -0.05) is 0 Å². The SMILES string of the molecule is CO[C@H]1[C@@H](O)[C@@H](CO)O[C@H]1c1c[nH]c(=O)[nH]c1=O. The summed E-state index contributed by atoms with van der Waals surface area (Å²) in [6.07, 6.45) is -2.29. The molecule has 0 spiro atoms. The van der Waals surface area contributed by atoms with Crippen LogP contribution in [0.3, 0.4) is 0 Å². The van der Waals surface area contributed by atoms with Crippen molar-refractivity contribution in [1.29, 1.82) is 0 Å². The van der Waals surface area contributed by atoms with Crippen molar-refractivity contribution in [3.05, 3.63) is 32.6 Å². The third-order valence-corrected chi connectivity index (χ3v) is 2.94. The smallest absolute Gasteiger partial charge is 0.325 e. The molecule has 0 aromatic carbocycles. The summed E-state index contributed by atoms with van der Waals surface area (Å²) in [4.78, 5) is 26.9. The molecular formula is C10H14N2O6. The van der Waals surface area contributed by atoms with Crippen molar-refractivity contribution in [2.75, 3.05) is 13.7 Å². The second-order valence-corrected chi connectivity index (χ2v) is 4.00. The molecule has 1 fully saturated rings. The lowest BCUT2D eigenvalue weighted by molar-refractivity contribution is -0.0240. The fourth-order valence-electron chi connectivity index (χ4n) is 2.03. The summed E-state index contributed by atoms with van der Waals surface area (Å²) in [6, 6.07) is 0. The first kappa shape index (κ1) is 13.0. The molecule has 8 heteroatoms. The van der Waals surface area contributed by atoms with E-state index in [9.17, 15) is 14.7 Å². The van der Waals surface area contributed by atoms with Crippen molar-refractivity contribution in [2.24, 2.45) is 0 Å². The molecule has 2 heterocycles. The Balaban J connectivity index is 2.38. The van der Waals surface area contributed by atoms with Crippen molar-refractivity contribution in [1.82, 2.24) is 9.97 Å². The number of rotatable bonds is 3. The molecule has 0 bridgehead atoms. The Bertz CT molecular complexity index is 524. The maximum atomic E-state index is 11.6. The number of aliphatic hydroxyl groups is 2. The lowest BCUT2D eigenvalue weighted by Gasteiger charge is -2.17. The van der Waals surface area contributed by atoms with Crippen LogP contribution in [0.4, 0.5) is 0 Å². The van der Waals surface area contributed by atoms with Crippen LogP contribution >= 0.6 is 0 Å². The van der Waals surface area contributed by atoms with Gasteiger partial charge in [0, 0.05) is 13.3 Å². The van der Waals surface area contributed by atoms with Gasteiger partial charge in [-0.05, 0) is 0 Å². The van der Waals surface area contributed by atoms with E-state index < -0.39 is 42.3 Å². The Kier molecular flexibility index (Phi) is 3.62. The van der Waals surface area contributed by atoms with Crippen molar-refractivity contribution in [3.8, 4) is 0 Å². The van der Waals surface area contributed by atoms with E-state index in [1.54, 1.807) is 0 Å². The fourth-order valence-corrected chi connectivity index (χ4v) is 2.03. The van der Waals surface area contributed by atoms with Crippen LogP contribution in [0.1, 0.15) is 11.7 Å². The zero-order valence-electron chi connectivity index (χ0n) is 9.62. The van der Waals surface area contributed by atoms with Crippen LogP contribution in [0, 0.1) is 0 Å². The van der Waals surface area contributed by atoms with Gasteiger partial charge in [0.15, 0.2) is 0 Å². The number of ether oxygens (including phenoxy) is 2. The minimum Gasteiger partial charge on any atom is -0.394 e. The zero-order chi connectivity index (χ0) is 13.3. The molecule has 1 aliphatic rings. The first-order chi connectivity index (χ1) is 8.58. The molecule has 1 saturated heterocycles. The first-order valence-electron chi connectivity index (χ1n) is 5.37. The van der Waals surface area contributed by atoms with E-state index in [1.165, 1.54) is 13.3 Å². The van der Waals surface area contributed by atoms with E-state index in [-0.39, 0.29) is 5.56 Å². The molecule has 0 aliphatic carbocycles. The second-order valence-electron chi connectivity index (χ2n) is 4.00. The summed E-state index contributed by atoms with van der Waals surface area (Å²) in [7, 11) is 1.36. The molecule has 1 aromatic rings. The number of hydrogen-bond acceptors (Lipinski definition) is 6. The van der Waals surface area contributed by atoms with Crippen LogP contribution in [0.5, 0.6) is 0 Å². The third kappa shape index (κ3) is 2.10. The van der Waals surface area contributed by atoms with E-state index in [1.807, 2.05) is 0 Å². The van der Waals surface area contributed by atoms with Gasteiger partial charge < -0.3 is 24.7 Å². The maximum Gasteiger partial charge on any atom is 0.325 e. The molecule has 1 aliphatic heterocycles. The number of H-pyrrole nitrogens is 2. The predicted octanol–water partition coefficient (Wildman–Crippen LogP) is -2.13. The van der Waals surface area contributed by atoms with Gasteiger partial charge in [-0.25, -0.2) is 4.79 Å². The average Bonchev–Trinajstić information content (AvgIpc) is 2.65. The third-order valence-electron chi connectivity index (χ3n) is 2.94. The standard InChI is InChI=1S/C10H14N2O6/c1-17-8-6(14)5(3-13)18-7(8)4-2-11-10(16)12-9(4)15/h2,5-8,13-14H,3H2,1H3,(H2,11,12,15,16)/t5-,6+,7+,8+/m1/s1. The highest BCUT2D eigenvalue weighted by molar-refractivity contribution is 5.13. The molecule has 4 N–H and O–H groups in total. The van der Waals surface area contributed by atoms with Crippen LogP contribution in [-0.2, 0) is 9.47 Å². The minimum atomic E-state index is -1.05. The molecule has 0 radical (unpaired) electrons. The molecule has 100 valence electrons. The predicted molar refractivity (Wildman–Crippen MR) is 59.2 cm³/mol. The summed E-state index contributed by atoms with van der Waals surface area (Å²) < 4.78 is 10.4. The van der Waals surface area contributed by atoms with Crippen LogP contribution in [-0.4, -0.2) is 52.2 Å². The van der Waals surface area contributed by atoms with Gasteiger partial charge in [-0.15, -0.1) is 0 Å². The van der Waals surface area contributed by atoms with E-state index in [0.29, 0.717) is 0 Å². The highest BCUT2D eigenvalue weighted by Gasteiger charge is 2.45. The topological polar surface area (TPSA) is 125 Å². The number of hydrogen-bond donors (Lipinski definition) is 4. The van der Waals surface area contributed by atoms with Crippen LogP contribution in [0.2, 0.25) is 0 Å². The van der Waals surface area contributed by atoms with E-state index in [4.69, 9.17) is 14.6 Å². The Hall–Kier alpha value is -1.48. The highest BCUT2D eigenvalue weighted by Crippen LogP contribution is 2.33. The van der Waals surface area contributed by atoms with Crippen molar-refractivity contribution in [2.45, 2.75) is 24.4 Å². The molecule has 0 amide bonds. The van der Waals surface area contributed by atoms with Crippen LogP contribution < -0.4 is 11.2 Å². The molecule has 8 nitrogen and oxygen atoms in total. The summed E-state index contributed by atoms with van der Waals surface area (Å²) in [5.41, 5.74) is -1.11. The van der Waals surface area contributed by atoms with Gasteiger partial charge in [0.25, 0.3) is 5.56 Å². The summed E-state index contributed by atoms with van der Waals surface area (Å²) in [5.74, 6) is 0. The number of aliphatic hydroxyl groups excluding tert-OH is 2. The van der Waals surface area contributed by atoms with Gasteiger partial charge in [0.2, 0.25) is 0 Å². The minimum absolute atomic E-state index is 0.136. The zero-order valence-corrected chi connectivity index (χ0v) is 9.62. The monoisotopic (exact) mass is 258 g/mol. The molecule has 0 saturated carbocycles. The normalized spacial score (nSPS) is 31.7. The van der Waals surface area contributed by atoms with E-state index >= 15 is 0 Å². The first-order valence-corrected chi connectivity index (χ1v) is 5.37. The molecular weight excluding hydrogens is 244 g/mol. The van der Waals surface area contributed by atoms with E-state index in [0.717, 1.165) is 0 Å². The van der Waals surface area contributed by atoms with Gasteiger partial charge >= 0.3 is 5.69 Å². The van der Waals surface area contributed by atoms with Gasteiger partial charge in [0.05, 0.1) is 12.2 Å². The quantitative estimate of drug-likeness (QED) is 0.491. The van der Waals surface area contributed by atoms with Crippen LogP contribution in [0.15, 0.2) is 15.8 Å². The molecule has 0 unspecified atom stereocenters. The molecule has 1 aromatic heterocycles. The molecule has 4 atom stereocenters. The highest BCUT2D eigenvalue weighted by atomic mass is 16.6. The van der Waals surface area contributed by atoms with Crippen LogP contribution in [0.25, 0.3) is 0 Å². The lowest BCUT2D eigenvalue weighted by Crippen LogP contribution is -2.35. The number of nitrogens with one attached hydrogen (secondary N) is 2. The fraction of sp³-hybridized carbons (Fsp3) is 0.600. The Morgan fingerprint density at radius 1 is 1.50 bits per heavy atom.